The fourth-order valence-corrected chi connectivity index (χ4v) is 5.43. The summed E-state index contributed by atoms with van der Waals surface area (Å²) in [5, 5.41) is 6.00. The molecule has 2 aliphatic rings. The van der Waals surface area contributed by atoms with E-state index in [4.69, 9.17) is 0 Å². The van der Waals surface area contributed by atoms with Crippen LogP contribution in [0.2, 0.25) is 0 Å². The van der Waals surface area contributed by atoms with Crippen LogP contribution in [0.1, 0.15) is 36.0 Å². The largest absolute Gasteiger partial charge is 0.351 e. The van der Waals surface area contributed by atoms with E-state index in [-0.39, 0.29) is 24.1 Å². The van der Waals surface area contributed by atoms with Gasteiger partial charge in [-0.1, -0.05) is 23.9 Å². The molecular weight excluding hydrogens is 456 g/mol. The summed E-state index contributed by atoms with van der Waals surface area (Å²) in [6, 6.07) is 14.3. The minimum absolute atomic E-state index is 0.0675. The van der Waals surface area contributed by atoms with E-state index in [2.05, 4.69) is 20.5 Å². The van der Waals surface area contributed by atoms with Crippen LogP contribution in [0.25, 0.3) is 0 Å². The number of aliphatic imine (C=N–C) groups is 1. The standard InChI is InChI=1S/C24H26N4O3S2/c1-32-19-8-4-3-7-18(19)26-22(30)16-9-11-17(12-10-16)25-21(29)15-20-23(31)27-24(33-20)28-13-5-2-6-14-28/h3-4,7-12,20H,2,5-6,13-15H2,1H3,(H,25,29)(H,26,30). The normalized spacial score (nSPS) is 18.1. The molecule has 0 bridgehead atoms. The summed E-state index contributed by atoms with van der Waals surface area (Å²) in [6.45, 7) is 1.83. The Kier molecular flexibility index (Phi) is 7.72. The number of carbonyl (C=O) groups is 3. The number of para-hydroxylation sites is 1. The highest BCUT2D eigenvalue weighted by Gasteiger charge is 2.33. The lowest BCUT2D eigenvalue weighted by molar-refractivity contribution is -0.121. The van der Waals surface area contributed by atoms with E-state index < -0.39 is 5.25 Å². The number of amides is 3. The third-order valence-electron chi connectivity index (χ3n) is 5.51. The number of likely N-dealkylation sites (tertiary alicyclic amines) is 1. The molecule has 1 unspecified atom stereocenters. The van der Waals surface area contributed by atoms with Crippen LogP contribution >= 0.6 is 23.5 Å². The summed E-state index contributed by atoms with van der Waals surface area (Å²) in [4.78, 5) is 44.7. The van der Waals surface area contributed by atoms with Crippen molar-refractivity contribution in [3.8, 4) is 0 Å². The van der Waals surface area contributed by atoms with Gasteiger partial charge in [-0.05, 0) is 61.9 Å². The van der Waals surface area contributed by atoms with Gasteiger partial charge in [0.15, 0.2) is 5.17 Å². The van der Waals surface area contributed by atoms with Crippen molar-refractivity contribution in [1.29, 1.82) is 0 Å². The Balaban J connectivity index is 1.29. The Bertz CT molecular complexity index is 1070. The third-order valence-corrected chi connectivity index (χ3v) is 7.52. The number of thioether (sulfide) groups is 2. The van der Waals surface area contributed by atoms with E-state index in [9.17, 15) is 14.4 Å². The van der Waals surface area contributed by atoms with E-state index in [1.165, 1.54) is 18.2 Å². The first-order chi connectivity index (χ1) is 16.0. The molecular formula is C24H26N4O3S2. The zero-order valence-electron chi connectivity index (χ0n) is 18.4. The Labute approximate surface area is 201 Å². The number of carbonyl (C=O) groups excluding carboxylic acids is 3. The van der Waals surface area contributed by atoms with Crippen molar-refractivity contribution in [3.63, 3.8) is 0 Å². The highest BCUT2D eigenvalue weighted by molar-refractivity contribution is 8.15. The molecule has 0 saturated carbocycles. The molecule has 2 aromatic rings. The Morgan fingerprint density at radius 2 is 1.79 bits per heavy atom. The van der Waals surface area contributed by atoms with Crippen molar-refractivity contribution in [1.82, 2.24) is 4.90 Å². The van der Waals surface area contributed by atoms with E-state index in [0.29, 0.717) is 11.3 Å². The minimum atomic E-state index is -0.483. The zero-order valence-corrected chi connectivity index (χ0v) is 20.0. The van der Waals surface area contributed by atoms with Gasteiger partial charge in [0.25, 0.3) is 11.8 Å². The van der Waals surface area contributed by atoms with E-state index in [1.807, 2.05) is 30.5 Å². The molecule has 1 fully saturated rings. The summed E-state index contributed by atoms with van der Waals surface area (Å²) < 4.78 is 0. The van der Waals surface area contributed by atoms with E-state index in [1.54, 1.807) is 36.0 Å². The molecule has 2 N–H and O–H groups in total. The zero-order chi connectivity index (χ0) is 23.2. The molecule has 0 aliphatic carbocycles. The van der Waals surface area contributed by atoms with Gasteiger partial charge in [-0.3, -0.25) is 14.4 Å². The van der Waals surface area contributed by atoms with Gasteiger partial charge in [0, 0.05) is 35.7 Å². The Morgan fingerprint density at radius 3 is 2.52 bits per heavy atom. The lowest BCUT2D eigenvalue weighted by atomic mass is 10.1. The predicted molar refractivity (Wildman–Crippen MR) is 135 cm³/mol. The number of nitrogens with one attached hydrogen (secondary N) is 2. The lowest BCUT2D eigenvalue weighted by Crippen LogP contribution is -2.33. The van der Waals surface area contributed by atoms with E-state index >= 15 is 0 Å². The van der Waals surface area contributed by atoms with Crippen molar-refractivity contribution in [2.75, 3.05) is 30.0 Å². The van der Waals surface area contributed by atoms with Crippen LogP contribution in [-0.2, 0) is 9.59 Å². The van der Waals surface area contributed by atoms with Crippen molar-refractivity contribution >= 4 is 57.8 Å². The average molecular weight is 483 g/mol. The van der Waals surface area contributed by atoms with Gasteiger partial charge in [-0.25, -0.2) is 0 Å². The molecule has 2 aromatic carbocycles. The van der Waals surface area contributed by atoms with Crippen molar-refractivity contribution in [2.45, 2.75) is 35.8 Å². The number of nitrogens with zero attached hydrogens (tertiary/aromatic N) is 2. The van der Waals surface area contributed by atoms with E-state index in [0.717, 1.165) is 41.7 Å². The molecule has 4 rings (SSSR count). The lowest BCUT2D eigenvalue weighted by Gasteiger charge is -2.27. The number of rotatable bonds is 6. The Hall–Kier alpha value is -2.78. The molecule has 7 nitrogen and oxygen atoms in total. The SMILES string of the molecule is CSc1ccccc1NC(=O)c1ccc(NC(=O)CC2SC(N3CCCCC3)=NC2=O)cc1. The number of piperidine rings is 1. The maximum Gasteiger partial charge on any atom is 0.262 e. The summed E-state index contributed by atoms with van der Waals surface area (Å²) in [5.74, 6) is -0.708. The first-order valence-electron chi connectivity index (χ1n) is 10.9. The number of benzene rings is 2. The first kappa shape index (κ1) is 23.4. The quantitative estimate of drug-likeness (QED) is 0.590. The molecule has 0 aromatic heterocycles. The first-order valence-corrected chi connectivity index (χ1v) is 13.0. The topological polar surface area (TPSA) is 90.9 Å². The second-order valence-electron chi connectivity index (χ2n) is 7.87. The molecule has 1 atom stereocenters. The second kappa shape index (κ2) is 10.9. The van der Waals surface area contributed by atoms with Gasteiger partial charge in [0.2, 0.25) is 5.91 Å². The number of amidine groups is 1. The number of hydrogen-bond donors (Lipinski definition) is 2. The molecule has 2 aliphatic heterocycles. The number of anilines is 2. The predicted octanol–water partition coefficient (Wildman–Crippen LogP) is 4.47. The van der Waals surface area contributed by atoms with Crippen molar-refractivity contribution < 1.29 is 14.4 Å². The summed E-state index contributed by atoms with van der Waals surface area (Å²) in [7, 11) is 0. The van der Waals surface area contributed by atoms with Crippen LogP contribution in [0, 0.1) is 0 Å². The molecule has 3 amide bonds. The average Bonchev–Trinajstić information content (AvgIpc) is 3.20. The number of hydrogen-bond acceptors (Lipinski definition) is 6. The molecule has 2 heterocycles. The molecule has 0 spiro atoms. The summed E-state index contributed by atoms with van der Waals surface area (Å²) >= 11 is 2.95. The van der Waals surface area contributed by atoms with Crippen molar-refractivity contribution in [3.05, 3.63) is 54.1 Å². The summed E-state index contributed by atoms with van der Waals surface area (Å²) in [5.41, 5.74) is 1.83. The Morgan fingerprint density at radius 1 is 1.06 bits per heavy atom. The highest BCUT2D eigenvalue weighted by Crippen LogP contribution is 2.29. The van der Waals surface area contributed by atoms with Crippen LogP contribution in [-0.4, -0.2) is 52.4 Å². The monoisotopic (exact) mass is 482 g/mol. The molecule has 172 valence electrons. The van der Waals surface area contributed by atoms with Crippen LogP contribution in [0.3, 0.4) is 0 Å². The van der Waals surface area contributed by atoms with Gasteiger partial charge < -0.3 is 15.5 Å². The molecule has 33 heavy (non-hydrogen) atoms. The van der Waals surface area contributed by atoms with Crippen LogP contribution in [0.5, 0.6) is 0 Å². The van der Waals surface area contributed by atoms with Gasteiger partial charge in [-0.15, -0.1) is 11.8 Å². The van der Waals surface area contributed by atoms with Crippen molar-refractivity contribution in [2.24, 2.45) is 4.99 Å². The fraction of sp³-hybridized carbons (Fsp3) is 0.333. The van der Waals surface area contributed by atoms with Gasteiger partial charge in [-0.2, -0.15) is 4.99 Å². The third kappa shape index (κ3) is 5.97. The van der Waals surface area contributed by atoms with Gasteiger partial charge >= 0.3 is 0 Å². The van der Waals surface area contributed by atoms with Crippen LogP contribution in [0.4, 0.5) is 11.4 Å². The van der Waals surface area contributed by atoms with Gasteiger partial charge in [0.1, 0.15) is 5.25 Å². The smallest absolute Gasteiger partial charge is 0.262 e. The minimum Gasteiger partial charge on any atom is -0.351 e. The fourth-order valence-electron chi connectivity index (χ4n) is 3.76. The molecule has 1 saturated heterocycles. The maximum atomic E-state index is 12.6. The van der Waals surface area contributed by atoms with Crippen LogP contribution < -0.4 is 10.6 Å². The highest BCUT2D eigenvalue weighted by atomic mass is 32.2. The second-order valence-corrected chi connectivity index (χ2v) is 9.89. The maximum absolute atomic E-state index is 12.6. The molecule has 9 heteroatoms. The van der Waals surface area contributed by atoms with Crippen LogP contribution in [0.15, 0.2) is 58.4 Å². The summed E-state index contributed by atoms with van der Waals surface area (Å²) in [6.07, 6.45) is 5.45. The van der Waals surface area contributed by atoms with Gasteiger partial charge in [0.05, 0.1) is 5.69 Å². The molecule has 0 radical (unpaired) electrons.